The summed E-state index contributed by atoms with van der Waals surface area (Å²) in [5, 5.41) is 5.07. The minimum atomic E-state index is -0.667. The zero-order chi connectivity index (χ0) is 36.7. The predicted molar refractivity (Wildman–Crippen MR) is 194 cm³/mol. The largest absolute Gasteiger partial charge is 0.493 e. The quantitative estimate of drug-likeness (QED) is 0.179. The Labute approximate surface area is 308 Å². The third-order valence-electron chi connectivity index (χ3n) is 10.9. The third-order valence-corrected chi connectivity index (χ3v) is 10.9. The van der Waals surface area contributed by atoms with Crippen LogP contribution in [0.4, 0.5) is 0 Å². The molecule has 2 N–H and O–H groups in total. The maximum absolute atomic E-state index is 14.6. The smallest absolute Gasteiger partial charge is 0.310 e. The van der Waals surface area contributed by atoms with E-state index in [4.69, 9.17) is 42.9 Å². The molecule has 1 amide bonds. The molecule has 1 aliphatic carbocycles. The summed E-state index contributed by atoms with van der Waals surface area (Å²) in [6.07, 6.45) is 0. The van der Waals surface area contributed by atoms with Crippen LogP contribution in [-0.2, 0) is 9.53 Å². The standard InChI is InChI=1S/C41H33N3O10/c1-47-32-11-20(12-33(48-2)39(32)49-3)34-22-14-30-31(54-18-53-30)15-24(22)37(25-16-50-41(46)35(25)34)44-40(45)27-13-23-21-6-4-5-7-26(21)42-38(23)36(43-27)19-8-9-28-29(10-19)52-17-51-28/h4-15,25,34-35,37,42H,16-18H2,1-3H3,(H,44,45)/t25-,34+,35-,37+/m0/s1. The number of methoxy groups -OCH3 is 3. The van der Waals surface area contributed by atoms with Crippen LogP contribution in [0.15, 0.2) is 72.8 Å². The fourth-order valence-electron chi connectivity index (χ4n) is 8.46. The molecule has 0 bridgehead atoms. The Morgan fingerprint density at radius 2 is 1.48 bits per heavy atom. The minimum absolute atomic E-state index is 0.0518. The zero-order valence-electron chi connectivity index (χ0n) is 29.4. The first-order valence-corrected chi connectivity index (χ1v) is 17.5. The van der Waals surface area contributed by atoms with E-state index >= 15 is 0 Å². The summed E-state index contributed by atoms with van der Waals surface area (Å²) < 4.78 is 45.7. The van der Waals surface area contributed by atoms with Crippen LogP contribution in [0.5, 0.6) is 40.2 Å². The average molecular weight is 728 g/mol. The van der Waals surface area contributed by atoms with Crippen LogP contribution in [0.25, 0.3) is 33.1 Å². The molecule has 5 heterocycles. The van der Waals surface area contributed by atoms with E-state index in [1.165, 1.54) is 7.11 Å². The van der Waals surface area contributed by atoms with Gasteiger partial charge in [0.05, 0.1) is 51.1 Å². The van der Waals surface area contributed by atoms with E-state index in [1.807, 2.05) is 66.7 Å². The van der Waals surface area contributed by atoms with Gasteiger partial charge in [-0.3, -0.25) is 9.59 Å². The fraction of sp³-hybridized carbons (Fsp3) is 0.244. The Kier molecular flexibility index (Phi) is 7.26. The molecule has 4 aromatic carbocycles. The van der Waals surface area contributed by atoms with Gasteiger partial charge in [0.1, 0.15) is 5.69 Å². The first kappa shape index (κ1) is 32.1. The zero-order valence-corrected chi connectivity index (χ0v) is 29.4. The van der Waals surface area contributed by atoms with Crippen molar-refractivity contribution in [3.63, 3.8) is 0 Å². The number of hydrogen-bond donors (Lipinski definition) is 2. The second-order valence-electron chi connectivity index (χ2n) is 13.6. The molecule has 4 aliphatic rings. The van der Waals surface area contributed by atoms with Crippen molar-refractivity contribution in [2.24, 2.45) is 11.8 Å². The fourth-order valence-corrected chi connectivity index (χ4v) is 8.46. The van der Waals surface area contributed by atoms with Crippen molar-refractivity contribution in [3.8, 4) is 51.5 Å². The highest BCUT2D eigenvalue weighted by Gasteiger charge is 2.53. The van der Waals surface area contributed by atoms with Crippen LogP contribution < -0.4 is 38.5 Å². The lowest BCUT2D eigenvalue weighted by molar-refractivity contribution is -0.141. The van der Waals surface area contributed by atoms with Gasteiger partial charge in [0.25, 0.3) is 5.91 Å². The van der Waals surface area contributed by atoms with Gasteiger partial charge in [0.15, 0.2) is 34.5 Å². The molecule has 0 unspecified atom stereocenters. The number of hydrogen-bond acceptors (Lipinski definition) is 11. The van der Waals surface area contributed by atoms with Crippen molar-refractivity contribution in [2.45, 2.75) is 12.0 Å². The monoisotopic (exact) mass is 727 g/mol. The maximum atomic E-state index is 14.6. The number of para-hydroxylation sites is 1. The summed E-state index contributed by atoms with van der Waals surface area (Å²) in [5.74, 6) is 1.26. The number of carbonyl (C=O) groups excluding carboxylic acids is 2. The molecule has 13 heteroatoms. The third kappa shape index (κ3) is 4.80. The summed E-state index contributed by atoms with van der Waals surface area (Å²) in [4.78, 5) is 36.9. The van der Waals surface area contributed by atoms with E-state index in [0.29, 0.717) is 45.9 Å². The van der Waals surface area contributed by atoms with Gasteiger partial charge in [-0.05, 0) is 71.3 Å². The summed E-state index contributed by atoms with van der Waals surface area (Å²) in [7, 11) is 4.63. The van der Waals surface area contributed by atoms with Gasteiger partial charge in [-0.15, -0.1) is 0 Å². The number of rotatable bonds is 7. The van der Waals surface area contributed by atoms with Crippen molar-refractivity contribution in [1.29, 1.82) is 0 Å². The number of esters is 1. The van der Waals surface area contributed by atoms with Crippen LogP contribution in [0.2, 0.25) is 0 Å². The molecule has 0 spiro atoms. The number of carbonyl (C=O) groups is 2. The lowest BCUT2D eigenvalue weighted by Crippen LogP contribution is -2.43. The van der Waals surface area contributed by atoms with E-state index < -0.39 is 29.7 Å². The van der Waals surface area contributed by atoms with Crippen molar-refractivity contribution in [1.82, 2.24) is 15.3 Å². The number of aromatic amines is 1. The van der Waals surface area contributed by atoms with E-state index in [2.05, 4.69) is 10.3 Å². The van der Waals surface area contributed by atoms with E-state index in [1.54, 1.807) is 20.3 Å². The van der Waals surface area contributed by atoms with Crippen LogP contribution in [0.3, 0.4) is 0 Å². The van der Waals surface area contributed by atoms with Crippen LogP contribution in [0, 0.1) is 11.8 Å². The minimum Gasteiger partial charge on any atom is -0.493 e. The van der Waals surface area contributed by atoms with Gasteiger partial charge in [-0.2, -0.15) is 0 Å². The van der Waals surface area contributed by atoms with Crippen LogP contribution in [0.1, 0.15) is 39.1 Å². The Morgan fingerprint density at radius 3 is 2.22 bits per heavy atom. The first-order valence-electron chi connectivity index (χ1n) is 17.5. The van der Waals surface area contributed by atoms with Gasteiger partial charge in [0, 0.05) is 33.7 Å². The second-order valence-corrected chi connectivity index (χ2v) is 13.6. The molecule has 1 saturated heterocycles. The lowest BCUT2D eigenvalue weighted by atomic mass is 9.65. The van der Waals surface area contributed by atoms with E-state index in [9.17, 15) is 9.59 Å². The molecule has 13 nitrogen and oxygen atoms in total. The summed E-state index contributed by atoms with van der Waals surface area (Å²) >= 11 is 0. The van der Waals surface area contributed by atoms with Gasteiger partial charge in [0.2, 0.25) is 19.3 Å². The van der Waals surface area contributed by atoms with Crippen molar-refractivity contribution in [3.05, 3.63) is 95.2 Å². The van der Waals surface area contributed by atoms with Crippen LogP contribution in [-0.4, -0.2) is 63.4 Å². The molecule has 0 saturated carbocycles. The number of fused-ring (bicyclic) bond motifs is 7. The highest BCUT2D eigenvalue weighted by molar-refractivity contribution is 6.13. The Balaban J connectivity index is 1.11. The lowest BCUT2D eigenvalue weighted by Gasteiger charge is -2.39. The van der Waals surface area contributed by atoms with E-state index in [-0.39, 0.29) is 31.9 Å². The topological polar surface area (TPSA) is 149 Å². The number of benzene rings is 4. The Bertz CT molecular complexity index is 2520. The predicted octanol–water partition coefficient (Wildman–Crippen LogP) is 6.27. The summed E-state index contributed by atoms with van der Waals surface area (Å²) in [6.45, 7) is 0.283. The number of amides is 1. The number of ether oxygens (including phenoxy) is 8. The molecule has 10 rings (SSSR count). The molecular weight excluding hydrogens is 694 g/mol. The second kappa shape index (κ2) is 12.2. The molecule has 54 heavy (non-hydrogen) atoms. The molecular formula is C41H33N3O10. The van der Waals surface area contributed by atoms with E-state index in [0.717, 1.165) is 44.1 Å². The summed E-state index contributed by atoms with van der Waals surface area (Å²) in [5.41, 5.74) is 5.54. The molecule has 6 aromatic rings. The molecule has 2 aromatic heterocycles. The summed E-state index contributed by atoms with van der Waals surface area (Å²) in [6, 6.07) is 22.1. The molecule has 4 atom stereocenters. The molecule has 272 valence electrons. The molecule has 3 aliphatic heterocycles. The Morgan fingerprint density at radius 1 is 0.778 bits per heavy atom. The molecule has 0 radical (unpaired) electrons. The maximum Gasteiger partial charge on any atom is 0.310 e. The number of H-pyrrole nitrogens is 1. The van der Waals surface area contributed by atoms with Crippen LogP contribution >= 0.6 is 0 Å². The normalized spacial score (nSPS) is 20.4. The van der Waals surface area contributed by atoms with Crippen molar-refractivity contribution >= 4 is 33.7 Å². The SMILES string of the molecule is COc1cc([C@@H]2c3cc4c(cc3[C@@H](NC(=O)c3cc5c([nH]c6ccccc65)c(-c5ccc6c(c5)OCO6)n3)[C@H]3COC(=O)[C@H]23)OCO4)cc(OC)c1OC. The van der Waals surface area contributed by atoms with Crippen molar-refractivity contribution < 1.29 is 47.5 Å². The van der Waals surface area contributed by atoms with Crippen molar-refractivity contribution in [2.75, 3.05) is 41.5 Å². The average Bonchev–Trinajstić information content (AvgIpc) is 4.02. The van der Waals surface area contributed by atoms with Gasteiger partial charge < -0.3 is 48.2 Å². The number of aromatic nitrogens is 2. The van der Waals surface area contributed by atoms with Gasteiger partial charge in [-0.1, -0.05) is 18.2 Å². The molecule has 1 fully saturated rings. The number of pyridine rings is 1. The first-order chi connectivity index (χ1) is 26.4. The Hall–Kier alpha value is -6.63. The number of nitrogens with zero attached hydrogens (tertiary/aromatic N) is 1. The highest BCUT2D eigenvalue weighted by atomic mass is 16.7. The number of nitrogens with one attached hydrogen (secondary N) is 2. The highest BCUT2D eigenvalue weighted by Crippen LogP contribution is 2.56. The van der Waals surface area contributed by atoms with Gasteiger partial charge >= 0.3 is 5.97 Å². The van der Waals surface area contributed by atoms with Gasteiger partial charge in [-0.25, -0.2) is 4.98 Å². The number of cyclic esters (lactones) is 1.